The number of anilines is 3. The Morgan fingerprint density at radius 1 is 1.07 bits per heavy atom. The van der Waals surface area contributed by atoms with Gasteiger partial charge in [-0.2, -0.15) is 0 Å². The number of fused-ring (bicyclic) bond motifs is 1. The van der Waals surface area contributed by atoms with Gasteiger partial charge in [0.1, 0.15) is 5.82 Å². The van der Waals surface area contributed by atoms with Crippen LogP contribution in [0.4, 0.5) is 17.2 Å². The molecule has 0 bridgehead atoms. The molecule has 0 unspecified atom stereocenters. The zero-order valence-electron chi connectivity index (χ0n) is 16.0. The lowest BCUT2D eigenvalue weighted by Crippen LogP contribution is -2.37. The molecular weight excluding hydrogens is 340 g/mol. The van der Waals surface area contributed by atoms with Crippen LogP contribution in [0.5, 0.6) is 0 Å². The molecule has 6 nitrogen and oxygen atoms in total. The molecule has 6 heteroatoms. The van der Waals surface area contributed by atoms with E-state index in [9.17, 15) is 4.79 Å². The van der Waals surface area contributed by atoms with E-state index in [4.69, 9.17) is 9.72 Å². The minimum absolute atomic E-state index is 0.0748. The fraction of sp³-hybridized carbons (Fsp3) is 0.333. The third-order valence-corrected chi connectivity index (χ3v) is 5.09. The fourth-order valence-electron chi connectivity index (χ4n) is 3.40. The van der Waals surface area contributed by atoms with Crippen LogP contribution in [0.1, 0.15) is 16.7 Å². The summed E-state index contributed by atoms with van der Waals surface area (Å²) >= 11 is 0. The van der Waals surface area contributed by atoms with Crippen LogP contribution in [0, 0.1) is 20.8 Å². The van der Waals surface area contributed by atoms with Gasteiger partial charge in [-0.15, -0.1) is 0 Å². The van der Waals surface area contributed by atoms with E-state index in [1.165, 1.54) is 11.1 Å². The van der Waals surface area contributed by atoms with Crippen LogP contribution < -0.4 is 15.8 Å². The highest BCUT2D eigenvalue weighted by Crippen LogP contribution is 2.26. The summed E-state index contributed by atoms with van der Waals surface area (Å²) in [6, 6.07) is 9.81. The molecule has 27 heavy (non-hydrogen) atoms. The first-order valence-electron chi connectivity index (χ1n) is 9.23. The molecule has 3 aromatic rings. The third-order valence-electron chi connectivity index (χ3n) is 5.09. The van der Waals surface area contributed by atoms with Crippen LogP contribution in [0.25, 0.3) is 5.65 Å². The van der Waals surface area contributed by atoms with Crippen molar-refractivity contribution in [2.45, 2.75) is 20.8 Å². The average Bonchev–Trinajstić information content (AvgIpc) is 2.67. The SMILES string of the molecule is Cc1cc(Nc2cccc(C)c2C)c2nc(N3CCOCC3)cc(=O)n2c1. The van der Waals surface area contributed by atoms with Gasteiger partial charge in [0.25, 0.3) is 5.56 Å². The predicted molar refractivity (Wildman–Crippen MR) is 108 cm³/mol. The number of aromatic nitrogens is 2. The molecule has 1 aliphatic rings. The molecule has 140 valence electrons. The first-order valence-corrected chi connectivity index (χ1v) is 9.23. The van der Waals surface area contributed by atoms with Gasteiger partial charge in [-0.25, -0.2) is 4.98 Å². The molecule has 0 saturated carbocycles. The minimum atomic E-state index is -0.0748. The van der Waals surface area contributed by atoms with E-state index in [0.29, 0.717) is 24.7 Å². The van der Waals surface area contributed by atoms with Crippen molar-refractivity contribution in [3.63, 3.8) is 0 Å². The molecule has 0 amide bonds. The molecule has 4 rings (SSSR count). The van der Waals surface area contributed by atoms with E-state index in [1.54, 1.807) is 10.5 Å². The molecule has 2 aromatic heterocycles. The van der Waals surface area contributed by atoms with Gasteiger partial charge in [0.15, 0.2) is 5.65 Å². The molecule has 3 heterocycles. The summed E-state index contributed by atoms with van der Waals surface area (Å²) in [6.07, 6.45) is 1.84. The van der Waals surface area contributed by atoms with Crippen molar-refractivity contribution in [2.24, 2.45) is 0 Å². The van der Waals surface area contributed by atoms with Crippen molar-refractivity contribution >= 4 is 22.8 Å². The van der Waals surface area contributed by atoms with Crippen molar-refractivity contribution in [1.29, 1.82) is 0 Å². The van der Waals surface area contributed by atoms with Crippen molar-refractivity contribution in [1.82, 2.24) is 9.38 Å². The van der Waals surface area contributed by atoms with Gasteiger partial charge < -0.3 is 15.0 Å². The third kappa shape index (κ3) is 3.40. The lowest BCUT2D eigenvalue weighted by Gasteiger charge is -2.28. The lowest BCUT2D eigenvalue weighted by atomic mass is 10.1. The van der Waals surface area contributed by atoms with Gasteiger partial charge in [0, 0.05) is 31.0 Å². The average molecular weight is 364 g/mol. The number of benzene rings is 1. The maximum atomic E-state index is 12.8. The standard InChI is InChI=1S/C21H24N4O2/c1-14-11-18(22-17-6-4-5-15(2)16(17)3)21-23-19(12-20(26)25(21)13-14)24-7-9-27-10-8-24/h4-6,11-13,22H,7-10H2,1-3H3. The lowest BCUT2D eigenvalue weighted by molar-refractivity contribution is 0.122. The first kappa shape index (κ1) is 17.5. The van der Waals surface area contributed by atoms with Crippen molar-refractivity contribution in [3.05, 3.63) is 63.6 Å². The second-order valence-corrected chi connectivity index (χ2v) is 7.05. The van der Waals surface area contributed by atoms with Crippen molar-refractivity contribution in [3.8, 4) is 0 Å². The van der Waals surface area contributed by atoms with Crippen LogP contribution in [0.3, 0.4) is 0 Å². The Balaban J connectivity index is 1.84. The smallest absolute Gasteiger partial charge is 0.260 e. The number of morpholine rings is 1. The number of nitrogens with one attached hydrogen (secondary N) is 1. The number of hydrogen-bond donors (Lipinski definition) is 1. The van der Waals surface area contributed by atoms with Crippen molar-refractivity contribution in [2.75, 3.05) is 36.5 Å². The summed E-state index contributed by atoms with van der Waals surface area (Å²) in [5.41, 5.74) is 5.81. The number of ether oxygens (including phenoxy) is 1. The number of rotatable bonds is 3. The van der Waals surface area contributed by atoms with E-state index in [2.05, 4.69) is 30.1 Å². The summed E-state index contributed by atoms with van der Waals surface area (Å²) in [4.78, 5) is 19.7. The summed E-state index contributed by atoms with van der Waals surface area (Å²) < 4.78 is 7.03. The number of aryl methyl sites for hydroxylation is 2. The molecule has 0 spiro atoms. The highest BCUT2D eigenvalue weighted by Gasteiger charge is 2.16. The minimum Gasteiger partial charge on any atom is -0.378 e. The molecule has 0 radical (unpaired) electrons. The van der Waals surface area contributed by atoms with Crippen molar-refractivity contribution < 1.29 is 4.74 Å². The van der Waals surface area contributed by atoms with Gasteiger partial charge in [-0.05, 0) is 49.6 Å². The summed E-state index contributed by atoms with van der Waals surface area (Å²) in [5.74, 6) is 0.705. The Morgan fingerprint density at radius 3 is 2.63 bits per heavy atom. The van der Waals surface area contributed by atoms with Crippen LogP contribution >= 0.6 is 0 Å². The quantitative estimate of drug-likeness (QED) is 0.773. The second kappa shape index (κ2) is 7.04. The van der Waals surface area contributed by atoms with Gasteiger partial charge in [-0.1, -0.05) is 12.1 Å². The topological polar surface area (TPSA) is 58.9 Å². The summed E-state index contributed by atoms with van der Waals surface area (Å²) in [7, 11) is 0. The van der Waals surface area contributed by atoms with E-state index in [1.807, 2.05) is 31.3 Å². The summed E-state index contributed by atoms with van der Waals surface area (Å²) in [6.45, 7) is 8.96. The molecule has 0 aliphatic carbocycles. The molecule has 1 aromatic carbocycles. The predicted octanol–water partition coefficient (Wildman–Crippen LogP) is 3.20. The fourth-order valence-corrected chi connectivity index (χ4v) is 3.40. The number of nitrogens with zero attached hydrogens (tertiary/aromatic N) is 3. The largest absolute Gasteiger partial charge is 0.378 e. The van der Waals surface area contributed by atoms with Crippen LogP contribution in [-0.4, -0.2) is 35.7 Å². The molecule has 1 fully saturated rings. The van der Waals surface area contributed by atoms with Crippen LogP contribution in [0.15, 0.2) is 41.3 Å². The van der Waals surface area contributed by atoms with Crippen LogP contribution in [-0.2, 0) is 4.74 Å². The van der Waals surface area contributed by atoms with E-state index in [-0.39, 0.29) is 5.56 Å². The Kier molecular flexibility index (Phi) is 4.58. The highest BCUT2D eigenvalue weighted by molar-refractivity contribution is 5.76. The monoisotopic (exact) mass is 364 g/mol. The Morgan fingerprint density at radius 2 is 1.85 bits per heavy atom. The van der Waals surface area contributed by atoms with Gasteiger partial charge in [0.05, 0.1) is 18.9 Å². The second-order valence-electron chi connectivity index (χ2n) is 7.05. The normalized spacial score (nSPS) is 14.6. The Labute approximate surface area is 158 Å². The maximum absolute atomic E-state index is 12.8. The zero-order valence-corrected chi connectivity index (χ0v) is 16.0. The van der Waals surface area contributed by atoms with E-state index >= 15 is 0 Å². The molecule has 1 N–H and O–H groups in total. The van der Waals surface area contributed by atoms with E-state index in [0.717, 1.165) is 30.0 Å². The number of hydrogen-bond acceptors (Lipinski definition) is 5. The molecule has 0 atom stereocenters. The maximum Gasteiger partial charge on any atom is 0.260 e. The Bertz CT molecular complexity index is 1050. The summed E-state index contributed by atoms with van der Waals surface area (Å²) in [5, 5.41) is 3.49. The first-order chi connectivity index (χ1) is 13.0. The van der Waals surface area contributed by atoms with Gasteiger partial charge in [0.2, 0.25) is 0 Å². The van der Waals surface area contributed by atoms with Crippen LogP contribution in [0.2, 0.25) is 0 Å². The van der Waals surface area contributed by atoms with E-state index < -0.39 is 0 Å². The van der Waals surface area contributed by atoms with Gasteiger partial charge in [-0.3, -0.25) is 9.20 Å². The zero-order chi connectivity index (χ0) is 19.0. The Hall–Kier alpha value is -2.86. The highest BCUT2D eigenvalue weighted by atomic mass is 16.5. The molecule has 1 aliphatic heterocycles. The number of pyridine rings is 1. The molecule has 1 saturated heterocycles. The molecular formula is C21H24N4O2. The van der Waals surface area contributed by atoms with Gasteiger partial charge >= 0.3 is 0 Å².